The van der Waals surface area contributed by atoms with Gasteiger partial charge in [-0.05, 0) is 56.8 Å². The molecule has 0 spiro atoms. The molecular weight excluding hydrogens is 274 g/mol. The van der Waals surface area contributed by atoms with Crippen LogP contribution in [0.15, 0.2) is 30.5 Å². The standard InChI is InChI=1S/C17H23N5/c1-11(2)22-10-17(20-21-22)13(4)18-9-14-5-6-16-15(8-14)7-12(3)19-16/h5-8,10-11,13,18-19H,9H2,1-4H3. The molecule has 0 amide bonds. The van der Waals surface area contributed by atoms with E-state index >= 15 is 0 Å². The molecule has 116 valence electrons. The summed E-state index contributed by atoms with van der Waals surface area (Å²) < 4.78 is 1.89. The second-order valence-electron chi connectivity index (χ2n) is 6.19. The van der Waals surface area contributed by atoms with E-state index in [-0.39, 0.29) is 6.04 Å². The van der Waals surface area contributed by atoms with Crippen LogP contribution >= 0.6 is 0 Å². The van der Waals surface area contributed by atoms with E-state index in [1.54, 1.807) is 0 Å². The number of fused-ring (bicyclic) bond motifs is 1. The number of hydrogen-bond donors (Lipinski definition) is 2. The van der Waals surface area contributed by atoms with Gasteiger partial charge in [0, 0.05) is 23.8 Å². The summed E-state index contributed by atoms with van der Waals surface area (Å²) in [6, 6.07) is 9.21. The Morgan fingerprint density at radius 2 is 2.05 bits per heavy atom. The largest absolute Gasteiger partial charge is 0.359 e. The first-order chi connectivity index (χ1) is 10.5. The number of H-pyrrole nitrogens is 1. The molecule has 1 aromatic carbocycles. The van der Waals surface area contributed by atoms with Gasteiger partial charge in [0.15, 0.2) is 0 Å². The van der Waals surface area contributed by atoms with Crippen LogP contribution in [0.25, 0.3) is 10.9 Å². The number of aromatic nitrogens is 4. The Bertz CT molecular complexity index is 768. The number of aryl methyl sites for hydroxylation is 1. The van der Waals surface area contributed by atoms with Crippen molar-refractivity contribution in [3.63, 3.8) is 0 Å². The van der Waals surface area contributed by atoms with Crippen molar-refractivity contribution in [3.8, 4) is 0 Å². The minimum Gasteiger partial charge on any atom is -0.359 e. The second kappa shape index (κ2) is 5.93. The SMILES string of the molecule is Cc1cc2cc(CNC(C)c3cn(C(C)C)nn3)ccc2[nH]1. The van der Waals surface area contributed by atoms with Crippen LogP contribution in [-0.2, 0) is 6.54 Å². The van der Waals surface area contributed by atoms with Crippen LogP contribution in [0.3, 0.4) is 0 Å². The van der Waals surface area contributed by atoms with Crippen molar-refractivity contribution >= 4 is 10.9 Å². The van der Waals surface area contributed by atoms with Crippen molar-refractivity contribution in [2.75, 3.05) is 0 Å². The van der Waals surface area contributed by atoms with Gasteiger partial charge in [-0.25, -0.2) is 4.68 Å². The van der Waals surface area contributed by atoms with E-state index in [2.05, 4.69) is 72.6 Å². The molecule has 1 atom stereocenters. The Morgan fingerprint density at radius 1 is 1.23 bits per heavy atom. The summed E-state index contributed by atoms with van der Waals surface area (Å²) in [5.74, 6) is 0. The van der Waals surface area contributed by atoms with Crippen LogP contribution in [0, 0.1) is 6.92 Å². The van der Waals surface area contributed by atoms with Crippen LogP contribution in [0.4, 0.5) is 0 Å². The third-order valence-corrected chi connectivity index (χ3v) is 3.93. The van der Waals surface area contributed by atoms with Gasteiger partial charge in [0.05, 0.1) is 17.9 Å². The van der Waals surface area contributed by atoms with Crippen molar-refractivity contribution in [2.45, 2.75) is 46.3 Å². The van der Waals surface area contributed by atoms with E-state index in [4.69, 9.17) is 0 Å². The van der Waals surface area contributed by atoms with Gasteiger partial charge in [0.1, 0.15) is 0 Å². The summed E-state index contributed by atoms with van der Waals surface area (Å²) in [6.45, 7) is 9.22. The average Bonchev–Trinajstić information content (AvgIpc) is 3.09. The highest BCUT2D eigenvalue weighted by Crippen LogP contribution is 2.18. The highest BCUT2D eigenvalue weighted by molar-refractivity contribution is 5.81. The van der Waals surface area contributed by atoms with E-state index < -0.39 is 0 Å². The lowest BCUT2D eigenvalue weighted by atomic mass is 10.1. The molecule has 3 rings (SSSR count). The summed E-state index contributed by atoms with van der Waals surface area (Å²) in [5, 5.41) is 13.2. The molecule has 0 aliphatic carbocycles. The van der Waals surface area contributed by atoms with Crippen LogP contribution in [0.5, 0.6) is 0 Å². The van der Waals surface area contributed by atoms with E-state index in [1.807, 2.05) is 10.9 Å². The molecule has 22 heavy (non-hydrogen) atoms. The van der Waals surface area contributed by atoms with Gasteiger partial charge in [-0.1, -0.05) is 11.3 Å². The summed E-state index contributed by atoms with van der Waals surface area (Å²) in [6.07, 6.45) is 2.01. The lowest BCUT2D eigenvalue weighted by molar-refractivity contribution is 0.514. The van der Waals surface area contributed by atoms with Crippen LogP contribution in [0.1, 0.15) is 49.8 Å². The number of aromatic amines is 1. The van der Waals surface area contributed by atoms with E-state index in [1.165, 1.54) is 22.2 Å². The lowest BCUT2D eigenvalue weighted by Gasteiger charge is -2.11. The number of nitrogens with one attached hydrogen (secondary N) is 2. The first-order valence-electron chi connectivity index (χ1n) is 7.76. The van der Waals surface area contributed by atoms with Gasteiger partial charge < -0.3 is 10.3 Å². The Morgan fingerprint density at radius 3 is 2.77 bits per heavy atom. The normalized spacial score (nSPS) is 13.1. The molecule has 1 unspecified atom stereocenters. The molecule has 0 fully saturated rings. The maximum atomic E-state index is 4.25. The number of rotatable bonds is 5. The smallest absolute Gasteiger partial charge is 0.0993 e. The third-order valence-electron chi connectivity index (χ3n) is 3.93. The summed E-state index contributed by atoms with van der Waals surface area (Å²) in [5.41, 5.74) is 4.63. The van der Waals surface area contributed by atoms with Crippen LogP contribution in [0.2, 0.25) is 0 Å². The topological polar surface area (TPSA) is 58.5 Å². The van der Waals surface area contributed by atoms with Gasteiger partial charge in [0.2, 0.25) is 0 Å². The van der Waals surface area contributed by atoms with Gasteiger partial charge in [-0.2, -0.15) is 0 Å². The van der Waals surface area contributed by atoms with Crippen LogP contribution < -0.4 is 5.32 Å². The molecule has 2 heterocycles. The first-order valence-corrected chi connectivity index (χ1v) is 7.76. The minimum absolute atomic E-state index is 0.177. The third kappa shape index (κ3) is 3.04. The van der Waals surface area contributed by atoms with Crippen molar-refractivity contribution in [3.05, 3.63) is 47.4 Å². The monoisotopic (exact) mass is 297 g/mol. The predicted octanol–water partition coefficient (Wildman–Crippen LogP) is 3.50. The fourth-order valence-corrected chi connectivity index (χ4v) is 2.55. The molecule has 0 aliphatic heterocycles. The molecule has 2 N–H and O–H groups in total. The highest BCUT2D eigenvalue weighted by Gasteiger charge is 2.11. The second-order valence-corrected chi connectivity index (χ2v) is 6.19. The summed E-state index contributed by atoms with van der Waals surface area (Å²) in [7, 11) is 0. The molecule has 3 aromatic rings. The molecule has 0 aliphatic rings. The molecule has 5 heteroatoms. The zero-order valence-corrected chi connectivity index (χ0v) is 13.6. The molecule has 0 saturated carbocycles. The van der Waals surface area contributed by atoms with E-state index in [9.17, 15) is 0 Å². The van der Waals surface area contributed by atoms with Gasteiger partial charge in [-0.3, -0.25) is 0 Å². The molecule has 2 aromatic heterocycles. The van der Waals surface area contributed by atoms with Gasteiger partial charge in [-0.15, -0.1) is 5.10 Å². The van der Waals surface area contributed by atoms with Crippen molar-refractivity contribution in [2.24, 2.45) is 0 Å². The van der Waals surface area contributed by atoms with E-state index in [0.29, 0.717) is 6.04 Å². The Balaban J connectivity index is 1.67. The van der Waals surface area contributed by atoms with Crippen LogP contribution in [-0.4, -0.2) is 20.0 Å². The Labute approximate surface area is 130 Å². The minimum atomic E-state index is 0.177. The zero-order chi connectivity index (χ0) is 15.7. The highest BCUT2D eigenvalue weighted by atomic mass is 15.4. The van der Waals surface area contributed by atoms with Crippen molar-refractivity contribution in [1.29, 1.82) is 0 Å². The molecule has 0 saturated heterocycles. The number of nitrogens with zero attached hydrogens (tertiary/aromatic N) is 3. The van der Waals surface area contributed by atoms with Crippen molar-refractivity contribution < 1.29 is 0 Å². The number of hydrogen-bond acceptors (Lipinski definition) is 3. The lowest BCUT2D eigenvalue weighted by Crippen LogP contribution is -2.18. The first kappa shape index (κ1) is 14.8. The van der Waals surface area contributed by atoms with E-state index in [0.717, 1.165) is 12.2 Å². The summed E-state index contributed by atoms with van der Waals surface area (Å²) in [4.78, 5) is 3.35. The molecular formula is C17H23N5. The molecule has 5 nitrogen and oxygen atoms in total. The van der Waals surface area contributed by atoms with Crippen molar-refractivity contribution in [1.82, 2.24) is 25.3 Å². The Kier molecular flexibility index (Phi) is 3.98. The molecule has 0 bridgehead atoms. The van der Waals surface area contributed by atoms with Gasteiger partial charge >= 0.3 is 0 Å². The average molecular weight is 297 g/mol. The maximum Gasteiger partial charge on any atom is 0.0993 e. The summed E-state index contributed by atoms with van der Waals surface area (Å²) >= 11 is 0. The quantitative estimate of drug-likeness (QED) is 0.758. The predicted molar refractivity (Wildman–Crippen MR) is 88.7 cm³/mol. The maximum absolute atomic E-state index is 4.25. The fourth-order valence-electron chi connectivity index (χ4n) is 2.55. The fraction of sp³-hybridized carbons (Fsp3) is 0.412. The Hall–Kier alpha value is -2.14. The zero-order valence-electron chi connectivity index (χ0n) is 13.6. The number of benzene rings is 1. The molecule has 0 radical (unpaired) electrons. The van der Waals surface area contributed by atoms with Gasteiger partial charge in [0.25, 0.3) is 0 Å².